The van der Waals surface area contributed by atoms with Crippen LogP contribution in [0.2, 0.25) is 0 Å². The molecule has 0 aliphatic carbocycles. The summed E-state index contributed by atoms with van der Waals surface area (Å²) in [6, 6.07) is 1.98. The van der Waals surface area contributed by atoms with Gasteiger partial charge >= 0.3 is 0 Å². The molecule has 1 aliphatic heterocycles. The molecule has 1 aliphatic rings. The zero-order chi connectivity index (χ0) is 13.7. The van der Waals surface area contributed by atoms with E-state index in [9.17, 15) is 0 Å². The van der Waals surface area contributed by atoms with Gasteiger partial charge in [0, 0.05) is 44.3 Å². The molecule has 0 aromatic rings. The van der Waals surface area contributed by atoms with Crippen LogP contribution in [0.1, 0.15) is 41.5 Å². The second-order valence-electron chi connectivity index (χ2n) is 6.45. The maximum absolute atomic E-state index is 3.56. The zero-order valence-corrected chi connectivity index (χ0v) is 13.2. The van der Waals surface area contributed by atoms with Gasteiger partial charge in [0.1, 0.15) is 0 Å². The quantitative estimate of drug-likeness (QED) is 0.783. The molecule has 0 spiro atoms. The number of piperazine rings is 1. The fourth-order valence-corrected chi connectivity index (χ4v) is 2.61. The molecule has 108 valence electrons. The van der Waals surface area contributed by atoms with E-state index < -0.39 is 0 Å². The van der Waals surface area contributed by atoms with Crippen LogP contribution in [-0.2, 0) is 0 Å². The minimum atomic E-state index is 0.595. The van der Waals surface area contributed by atoms with Gasteiger partial charge < -0.3 is 5.32 Å². The van der Waals surface area contributed by atoms with Gasteiger partial charge in [-0.05, 0) is 33.2 Å². The lowest BCUT2D eigenvalue weighted by Crippen LogP contribution is -2.53. The van der Waals surface area contributed by atoms with E-state index in [4.69, 9.17) is 0 Å². The van der Waals surface area contributed by atoms with E-state index in [0.29, 0.717) is 18.1 Å². The van der Waals surface area contributed by atoms with Crippen LogP contribution >= 0.6 is 0 Å². The van der Waals surface area contributed by atoms with Crippen LogP contribution in [0.25, 0.3) is 0 Å². The first-order chi connectivity index (χ1) is 8.41. The largest absolute Gasteiger partial charge is 0.314 e. The Morgan fingerprint density at radius 1 is 0.833 bits per heavy atom. The first-order valence-electron chi connectivity index (χ1n) is 7.63. The summed E-state index contributed by atoms with van der Waals surface area (Å²) in [7, 11) is 0. The summed E-state index contributed by atoms with van der Waals surface area (Å²) in [6.07, 6.45) is 0. The molecule has 1 rings (SSSR count). The Morgan fingerprint density at radius 2 is 1.33 bits per heavy atom. The van der Waals surface area contributed by atoms with Gasteiger partial charge in [-0.2, -0.15) is 0 Å². The van der Waals surface area contributed by atoms with Crippen molar-refractivity contribution in [1.82, 2.24) is 15.1 Å². The van der Waals surface area contributed by atoms with E-state index in [2.05, 4.69) is 56.7 Å². The second-order valence-corrected chi connectivity index (χ2v) is 6.45. The van der Waals surface area contributed by atoms with Gasteiger partial charge in [0.25, 0.3) is 0 Å². The highest BCUT2D eigenvalue weighted by Crippen LogP contribution is 2.14. The van der Waals surface area contributed by atoms with Crippen molar-refractivity contribution in [2.45, 2.75) is 59.7 Å². The summed E-state index contributed by atoms with van der Waals surface area (Å²) in [6.45, 7) is 19.8. The third-order valence-electron chi connectivity index (χ3n) is 4.33. The summed E-state index contributed by atoms with van der Waals surface area (Å²) in [4.78, 5) is 5.24. The average Bonchev–Trinajstić information content (AvgIpc) is 2.35. The molecule has 0 aromatic carbocycles. The predicted octanol–water partition coefficient (Wildman–Crippen LogP) is 2.03. The summed E-state index contributed by atoms with van der Waals surface area (Å²) in [5.74, 6) is 0.720. The van der Waals surface area contributed by atoms with E-state index in [1.165, 1.54) is 26.2 Å². The molecule has 3 heteroatoms. The molecule has 2 atom stereocenters. The lowest BCUT2D eigenvalue weighted by molar-refractivity contribution is 0.0652. The second kappa shape index (κ2) is 7.46. The maximum Gasteiger partial charge on any atom is 0.0113 e. The van der Waals surface area contributed by atoms with Crippen LogP contribution in [0.5, 0.6) is 0 Å². The Labute approximate surface area is 114 Å². The van der Waals surface area contributed by atoms with Crippen molar-refractivity contribution in [3.05, 3.63) is 0 Å². The Bertz CT molecular complexity index is 220. The van der Waals surface area contributed by atoms with E-state index >= 15 is 0 Å². The molecule has 18 heavy (non-hydrogen) atoms. The zero-order valence-electron chi connectivity index (χ0n) is 13.2. The molecule has 0 saturated carbocycles. The van der Waals surface area contributed by atoms with Crippen molar-refractivity contribution in [3.63, 3.8) is 0 Å². The molecular weight excluding hydrogens is 222 g/mol. The fourth-order valence-electron chi connectivity index (χ4n) is 2.61. The van der Waals surface area contributed by atoms with E-state index in [1.807, 2.05) is 0 Å². The lowest BCUT2D eigenvalue weighted by Gasteiger charge is -2.41. The molecule has 0 amide bonds. The number of hydrogen-bond acceptors (Lipinski definition) is 3. The number of rotatable bonds is 6. The first-order valence-corrected chi connectivity index (χ1v) is 7.63. The first kappa shape index (κ1) is 15.9. The minimum Gasteiger partial charge on any atom is -0.314 e. The Hall–Kier alpha value is -0.120. The van der Waals surface area contributed by atoms with Crippen LogP contribution in [0.4, 0.5) is 0 Å². The molecular formula is C15H33N3. The van der Waals surface area contributed by atoms with Crippen molar-refractivity contribution < 1.29 is 0 Å². The van der Waals surface area contributed by atoms with Gasteiger partial charge in [-0.1, -0.05) is 20.8 Å². The summed E-state index contributed by atoms with van der Waals surface area (Å²) in [5, 5.41) is 3.56. The van der Waals surface area contributed by atoms with Crippen molar-refractivity contribution in [3.8, 4) is 0 Å². The summed E-state index contributed by atoms with van der Waals surface area (Å²) in [5.41, 5.74) is 0. The molecule has 1 N–H and O–H groups in total. The summed E-state index contributed by atoms with van der Waals surface area (Å²) < 4.78 is 0. The molecule has 1 saturated heterocycles. The smallest absolute Gasteiger partial charge is 0.0113 e. The normalized spacial score (nSPS) is 22.7. The number of hydrogen-bond donors (Lipinski definition) is 1. The third-order valence-corrected chi connectivity index (χ3v) is 4.33. The van der Waals surface area contributed by atoms with Gasteiger partial charge in [-0.25, -0.2) is 0 Å². The van der Waals surface area contributed by atoms with Gasteiger partial charge in [0.2, 0.25) is 0 Å². The Balaban J connectivity index is 2.32. The van der Waals surface area contributed by atoms with Crippen LogP contribution in [-0.4, -0.2) is 60.6 Å². The molecule has 1 heterocycles. The predicted molar refractivity (Wildman–Crippen MR) is 80.0 cm³/mol. The maximum atomic E-state index is 3.56. The third kappa shape index (κ3) is 4.87. The van der Waals surface area contributed by atoms with Gasteiger partial charge in [0.15, 0.2) is 0 Å². The highest BCUT2D eigenvalue weighted by atomic mass is 15.3. The monoisotopic (exact) mass is 255 g/mol. The highest BCUT2D eigenvalue weighted by Gasteiger charge is 2.25. The van der Waals surface area contributed by atoms with E-state index in [1.54, 1.807) is 0 Å². The number of nitrogens with one attached hydrogen (secondary N) is 1. The van der Waals surface area contributed by atoms with Crippen molar-refractivity contribution >= 4 is 0 Å². The molecule has 0 bridgehead atoms. The highest BCUT2D eigenvalue weighted by molar-refractivity contribution is 4.81. The van der Waals surface area contributed by atoms with Gasteiger partial charge in [-0.3, -0.25) is 9.80 Å². The van der Waals surface area contributed by atoms with E-state index in [0.717, 1.165) is 12.5 Å². The Morgan fingerprint density at radius 3 is 1.78 bits per heavy atom. The van der Waals surface area contributed by atoms with E-state index in [-0.39, 0.29) is 0 Å². The van der Waals surface area contributed by atoms with Gasteiger partial charge in [0.05, 0.1) is 0 Å². The van der Waals surface area contributed by atoms with Crippen LogP contribution in [0, 0.1) is 5.92 Å². The van der Waals surface area contributed by atoms with Crippen LogP contribution in [0.15, 0.2) is 0 Å². The molecule has 3 nitrogen and oxygen atoms in total. The average molecular weight is 255 g/mol. The Kier molecular flexibility index (Phi) is 6.61. The van der Waals surface area contributed by atoms with Crippen LogP contribution < -0.4 is 5.32 Å². The van der Waals surface area contributed by atoms with Gasteiger partial charge in [-0.15, -0.1) is 0 Å². The molecule has 0 aromatic heterocycles. The SMILES string of the molecule is CC(C)NCC(C)C(C)N1CCN(C(C)C)CC1. The lowest BCUT2D eigenvalue weighted by atomic mass is 10.0. The van der Waals surface area contributed by atoms with Crippen LogP contribution in [0.3, 0.4) is 0 Å². The number of nitrogens with zero attached hydrogens (tertiary/aromatic N) is 2. The topological polar surface area (TPSA) is 18.5 Å². The fraction of sp³-hybridized carbons (Fsp3) is 1.00. The minimum absolute atomic E-state index is 0.595. The molecule has 0 radical (unpaired) electrons. The molecule has 2 unspecified atom stereocenters. The van der Waals surface area contributed by atoms with Crippen molar-refractivity contribution in [2.24, 2.45) is 5.92 Å². The van der Waals surface area contributed by atoms with Crippen molar-refractivity contribution in [1.29, 1.82) is 0 Å². The molecule has 1 fully saturated rings. The summed E-state index contributed by atoms with van der Waals surface area (Å²) >= 11 is 0. The standard InChI is InChI=1S/C15H33N3/c1-12(2)16-11-14(5)15(6)18-9-7-17(8-10-18)13(3)4/h12-16H,7-11H2,1-6H3. The van der Waals surface area contributed by atoms with Crippen molar-refractivity contribution in [2.75, 3.05) is 32.7 Å².